The Labute approximate surface area is 208 Å². The largest absolute Gasteiger partial charge is 0.356 e. The number of guanidine groups is 1. The zero-order valence-electron chi connectivity index (χ0n) is 19.3. The van der Waals surface area contributed by atoms with Crippen molar-refractivity contribution in [2.45, 2.75) is 51.2 Å². The molecule has 0 bridgehead atoms. The predicted octanol–water partition coefficient (Wildman–Crippen LogP) is 4.35. The number of hydrogen-bond donors (Lipinski definition) is 1. The SMILES string of the molecule is CN=C(NCCCc1nnc(SC)n1CC(C)C)N1CCC(Cc2ccccc2)C1.I. The Hall–Kier alpha value is -1.29. The Bertz CT molecular complexity index is 808. The fraction of sp³-hybridized carbons (Fsp3) is 0.609. The number of likely N-dealkylation sites (tertiary alicyclic amines) is 1. The number of aryl methyl sites for hydroxylation is 1. The van der Waals surface area contributed by atoms with E-state index in [2.05, 4.69) is 80.4 Å². The van der Waals surface area contributed by atoms with Crippen molar-refractivity contribution < 1.29 is 0 Å². The first-order valence-corrected chi connectivity index (χ1v) is 12.3. The second-order valence-electron chi connectivity index (χ2n) is 8.48. The Morgan fingerprint density at radius 2 is 2.03 bits per heavy atom. The molecule has 1 N–H and O–H groups in total. The molecule has 8 heteroatoms. The normalized spacial score (nSPS) is 16.6. The van der Waals surface area contributed by atoms with Gasteiger partial charge in [0, 0.05) is 39.6 Å². The van der Waals surface area contributed by atoms with Gasteiger partial charge in [0.15, 0.2) is 11.1 Å². The lowest BCUT2D eigenvalue weighted by atomic mass is 9.99. The standard InChI is InChI=1S/C23H36N6S.HI/c1-18(2)16-29-21(26-27-23(29)30-4)11-8-13-25-22(24-3)28-14-12-20(17-28)15-19-9-6-5-7-10-19;/h5-7,9-10,18,20H,8,11-17H2,1-4H3,(H,24,25);1H. The van der Waals surface area contributed by atoms with Crippen LogP contribution in [0.3, 0.4) is 0 Å². The zero-order chi connectivity index (χ0) is 21.3. The summed E-state index contributed by atoms with van der Waals surface area (Å²) in [7, 11) is 1.89. The van der Waals surface area contributed by atoms with Gasteiger partial charge in [-0.3, -0.25) is 4.99 Å². The molecule has 0 spiro atoms. The van der Waals surface area contributed by atoms with Gasteiger partial charge in [-0.25, -0.2) is 0 Å². The molecule has 1 aliphatic rings. The highest BCUT2D eigenvalue weighted by Gasteiger charge is 2.24. The van der Waals surface area contributed by atoms with Crippen molar-refractivity contribution in [1.82, 2.24) is 25.0 Å². The van der Waals surface area contributed by atoms with Gasteiger partial charge in [0.2, 0.25) is 0 Å². The number of aromatic nitrogens is 3. The first kappa shape index (κ1) is 26.0. The third-order valence-corrected chi connectivity index (χ3v) is 6.22. The smallest absolute Gasteiger partial charge is 0.193 e. The van der Waals surface area contributed by atoms with Gasteiger partial charge in [0.25, 0.3) is 0 Å². The number of rotatable bonds is 9. The molecule has 1 aromatic heterocycles. The van der Waals surface area contributed by atoms with Crippen LogP contribution >= 0.6 is 35.7 Å². The second kappa shape index (κ2) is 13.3. The highest BCUT2D eigenvalue weighted by Crippen LogP contribution is 2.21. The molecular formula is C23H37IN6S. The number of nitrogens with zero attached hydrogens (tertiary/aromatic N) is 5. The van der Waals surface area contributed by atoms with Crippen molar-refractivity contribution in [3.8, 4) is 0 Å². The summed E-state index contributed by atoms with van der Waals surface area (Å²) in [5.74, 6) is 3.40. The van der Waals surface area contributed by atoms with Crippen LogP contribution in [0.15, 0.2) is 40.5 Å². The Balaban J connectivity index is 0.00000341. The van der Waals surface area contributed by atoms with E-state index in [-0.39, 0.29) is 24.0 Å². The average Bonchev–Trinajstić information content (AvgIpc) is 3.35. The molecule has 3 rings (SSSR count). The fourth-order valence-electron chi connectivity index (χ4n) is 4.12. The first-order valence-electron chi connectivity index (χ1n) is 11.1. The first-order chi connectivity index (χ1) is 14.6. The molecule has 1 aromatic carbocycles. The van der Waals surface area contributed by atoms with E-state index in [4.69, 9.17) is 0 Å². The summed E-state index contributed by atoms with van der Waals surface area (Å²) in [5.41, 5.74) is 1.43. The molecule has 1 aliphatic heterocycles. The minimum Gasteiger partial charge on any atom is -0.356 e. The number of nitrogens with one attached hydrogen (secondary N) is 1. The van der Waals surface area contributed by atoms with E-state index in [1.54, 1.807) is 11.8 Å². The fourth-order valence-corrected chi connectivity index (χ4v) is 4.64. The molecule has 0 aliphatic carbocycles. The van der Waals surface area contributed by atoms with Crippen LogP contribution in [0.5, 0.6) is 0 Å². The zero-order valence-corrected chi connectivity index (χ0v) is 22.4. The topological polar surface area (TPSA) is 58.3 Å². The Morgan fingerprint density at radius 1 is 1.26 bits per heavy atom. The number of hydrogen-bond acceptors (Lipinski definition) is 4. The van der Waals surface area contributed by atoms with E-state index in [1.807, 2.05) is 7.05 Å². The molecule has 0 amide bonds. The molecular weight excluding hydrogens is 519 g/mol. The molecule has 172 valence electrons. The van der Waals surface area contributed by atoms with Gasteiger partial charge in [-0.15, -0.1) is 34.2 Å². The van der Waals surface area contributed by atoms with Crippen LogP contribution in [0.2, 0.25) is 0 Å². The lowest BCUT2D eigenvalue weighted by Crippen LogP contribution is -2.40. The maximum absolute atomic E-state index is 4.53. The number of benzene rings is 1. The molecule has 6 nitrogen and oxygen atoms in total. The summed E-state index contributed by atoms with van der Waals surface area (Å²) in [5, 5.41) is 13.4. The summed E-state index contributed by atoms with van der Waals surface area (Å²) < 4.78 is 2.28. The van der Waals surface area contributed by atoms with Crippen molar-refractivity contribution in [1.29, 1.82) is 0 Å². The Morgan fingerprint density at radius 3 is 2.71 bits per heavy atom. The van der Waals surface area contributed by atoms with Gasteiger partial charge in [-0.2, -0.15) is 0 Å². The lowest BCUT2D eigenvalue weighted by Gasteiger charge is -2.22. The monoisotopic (exact) mass is 556 g/mol. The van der Waals surface area contributed by atoms with Gasteiger partial charge in [-0.05, 0) is 42.9 Å². The molecule has 1 unspecified atom stereocenters. The van der Waals surface area contributed by atoms with Gasteiger partial charge in [0.1, 0.15) is 5.82 Å². The third kappa shape index (κ3) is 7.66. The van der Waals surface area contributed by atoms with Crippen LogP contribution in [-0.4, -0.2) is 58.6 Å². The van der Waals surface area contributed by atoms with Crippen molar-refractivity contribution in [2.24, 2.45) is 16.8 Å². The van der Waals surface area contributed by atoms with Crippen LogP contribution in [0.25, 0.3) is 0 Å². The number of thioether (sulfide) groups is 1. The summed E-state index contributed by atoms with van der Waals surface area (Å²) in [6.07, 6.45) is 6.39. The molecule has 0 saturated carbocycles. The maximum atomic E-state index is 4.53. The van der Waals surface area contributed by atoms with E-state index in [0.29, 0.717) is 11.8 Å². The van der Waals surface area contributed by atoms with Gasteiger partial charge >= 0.3 is 0 Å². The van der Waals surface area contributed by atoms with Crippen LogP contribution in [0, 0.1) is 11.8 Å². The number of halogens is 1. The average molecular weight is 557 g/mol. The van der Waals surface area contributed by atoms with Crippen molar-refractivity contribution in [2.75, 3.05) is 32.9 Å². The summed E-state index contributed by atoms with van der Waals surface area (Å²) >= 11 is 1.67. The van der Waals surface area contributed by atoms with Gasteiger partial charge < -0.3 is 14.8 Å². The molecule has 2 heterocycles. The molecule has 0 radical (unpaired) electrons. The van der Waals surface area contributed by atoms with E-state index in [9.17, 15) is 0 Å². The second-order valence-corrected chi connectivity index (χ2v) is 9.25. The van der Waals surface area contributed by atoms with Crippen molar-refractivity contribution in [3.05, 3.63) is 41.7 Å². The van der Waals surface area contributed by atoms with Crippen molar-refractivity contribution in [3.63, 3.8) is 0 Å². The minimum atomic E-state index is 0. The minimum absolute atomic E-state index is 0. The van der Waals surface area contributed by atoms with Crippen LogP contribution in [0.1, 0.15) is 38.1 Å². The highest BCUT2D eigenvalue weighted by atomic mass is 127. The molecule has 1 fully saturated rings. The maximum Gasteiger partial charge on any atom is 0.193 e. The van der Waals surface area contributed by atoms with Crippen molar-refractivity contribution >= 4 is 41.7 Å². The van der Waals surface area contributed by atoms with Crippen LogP contribution < -0.4 is 5.32 Å². The van der Waals surface area contributed by atoms with Crippen LogP contribution in [0.4, 0.5) is 0 Å². The van der Waals surface area contributed by atoms with E-state index in [0.717, 1.165) is 62.4 Å². The molecule has 2 aromatic rings. The quantitative estimate of drug-likeness (QED) is 0.164. The highest BCUT2D eigenvalue weighted by molar-refractivity contribution is 14.0. The van der Waals surface area contributed by atoms with Gasteiger partial charge in [-0.1, -0.05) is 55.9 Å². The predicted molar refractivity (Wildman–Crippen MR) is 142 cm³/mol. The van der Waals surface area contributed by atoms with Gasteiger partial charge in [0.05, 0.1) is 0 Å². The Kier molecular flexibility index (Phi) is 11.1. The van der Waals surface area contributed by atoms with Crippen LogP contribution in [-0.2, 0) is 19.4 Å². The van der Waals surface area contributed by atoms with E-state index >= 15 is 0 Å². The summed E-state index contributed by atoms with van der Waals surface area (Å²) in [6, 6.07) is 10.8. The third-order valence-electron chi connectivity index (χ3n) is 5.55. The molecule has 31 heavy (non-hydrogen) atoms. The van der Waals surface area contributed by atoms with E-state index in [1.165, 1.54) is 12.0 Å². The molecule has 1 saturated heterocycles. The lowest BCUT2D eigenvalue weighted by molar-refractivity contribution is 0.457. The van der Waals surface area contributed by atoms with E-state index < -0.39 is 0 Å². The number of aliphatic imine (C=N–C) groups is 1. The summed E-state index contributed by atoms with van der Waals surface area (Å²) in [6.45, 7) is 8.51. The summed E-state index contributed by atoms with van der Waals surface area (Å²) in [4.78, 5) is 6.93. The molecule has 1 atom stereocenters.